The zero-order chi connectivity index (χ0) is 24.6. The average molecular weight is 511 g/mol. The number of alkyl halides is 3. The number of nitrogens with zero attached hydrogens (tertiary/aromatic N) is 1. The third-order valence-corrected chi connectivity index (χ3v) is 6.27. The minimum absolute atomic E-state index is 0.0361. The van der Waals surface area contributed by atoms with E-state index in [1.54, 1.807) is 6.07 Å². The fraction of sp³-hybridized carbons (Fsp3) is 0.476. The highest BCUT2D eigenvalue weighted by Gasteiger charge is 2.32. The second-order valence-electron chi connectivity index (χ2n) is 7.11. The average Bonchev–Trinajstić information content (AvgIpc) is 2.74. The van der Waals surface area contributed by atoms with E-state index in [-0.39, 0.29) is 34.9 Å². The van der Waals surface area contributed by atoms with Gasteiger partial charge in [-0.25, -0.2) is 18.1 Å². The number of pyridine rings is 1. The molecule has 1 heterocycles. The Morgan fingerprint density at radius 3 is 2.42 bits per heavy atom. The summed E-state index contributed by atoms with van der Waals surface area (Å²) in [6.45, 7) is 4.28. The molecule has 0 spiro atoms. The number of sulfonamides is 1. The Morgan fingerprint density at radius 2 is 1.85 bits per heavy atom. The van der Waals surface area contributed by atoms with Crippen LogP contribution in [0.4, 0.5) is 13.2 Å². The van der Waals surface area contributed by atoms with Crippen molar-refractivity contribution in [3.8, 4) is 17.4 Å². The molecule has 0 saturated carbocycles. The van der Waals surface area contributed by atoms with Gasteiger partial charge in [0.1, 0.15) is 23.1 Å². The van der Waals surface area contributed by atoms with Gasteiger partial charge in [0.15, 0.2) is 0 Å². The summed E-state index contributed by atoms with van der Waals surface area (Å²) < 4.78 is 82.8. The number of ether oxygens (including phenoxy) is 3. The maximum Gasteiger partial charge on any atom is 0.417 e. The van der Waals surface area contributed by atoms with Crippen molar-refractivity contribution in [1.29, 1.82) is 0 Å². The van der Waals surface area contributed by atoms with E-state index in [9.17, 15) is 21.6 Å². The van der Waals surface area contributed by atoms with E-state index in [2.05, 4.69) is 9.71 Å². The molecule has 7 nitrogen and oxygen atoms in total. The SMILES string of the molecule is CCC(CC)NS(=O)(=O)Cc1ccc(OCCOC)cc1Oc1ncc(C(F)(F)F)cc1Cl. The summed E-state index contributed by atoms with van der Waals surface area (Å²) in [4.78, 5) is 3.66. The third kappa shape index (κ3) is 8.33. The molecule has 1 aromatic carbocycles. The van der Waals surface area contributed by atoms with Crippen molar-refractivity contribution in [2.75, 3.05) is 20.3 Å². The molecule has 0 aliphatic carbocycles. The van der Waals surface area contributed by atoms with Crippen LogP contribution in [0.3, 0.4) is 0 Å². The molecule has 0 amide bonds. The van der Waals surface area contributed by atoms with Crippen molar-refractivity contribution in [2.24, 2.45) is 0 Å². The van der Waals surface area contributed by atoms with E-state index in [0.29, 0.717) is 37.5 Å². The van der Waals surface area contributed by atoms with Gasteiger partial charge in [-0.3, -0.25) is 0 Å². The summed E-state index contributed by atoms with van der Waals surface area (Å²) in [7, 11) is -2.22. The molecule has 0 bridgehead atoms. The molecule has 0 aliphatic rings. The van der Waals surface area contributed by atoms with Gasteiger partial charge in [-0.15, -0.1) is 0 Å². The smallest absolute Gasteiger partial charge is 0.417 e. The molecular formula is C21H26ClF3N2O5S. The van der Waals surface area contributed by atoms with E-state index in [0.717, 1.165) is 0 Å². The Kier molecular flexibility index (Phi) is 9.77. The van der Waals surface area contributed by atoms with Crippen LogP contribution in [0.25, 0.3) is 0 Å². The van der Waals surface area contributed by atoms with Crippen LogP contribution in [0.15, 0.2) is 30.5 Å². The Labute approximate surface area is 196 Å². The molecule has 0 aliphatic heterocycles. The summed E-state index contributed by atoms with van der Waals surface area (Å²) in [5.41, 5.74) is -0.779. The standard InChI is InChI=1S/C21H26ClF3N2O5S/c1-4-16(5-2)27-33(28,29)13-14-6-7-17(31-9-8-30-3)11-19(14)32-20-18(22)10-15(12-26-20)21(23,24)25/h6-7,10-12,16,27H,4-5,8-9,13H2,1-3H3. The Hall–Kier alpha value is -2.08. The maximum atomic E-state index is 12.9. The van der Waals surface area contributed by atoms with Gasteiger partial charge in [-0.1, -0.05) is 31.5 Å². The molecule has 1 N–H and O–H groups in total. The van der Waals surface area contributed by atoms with Crippen molar-refractivity contribution in [2.45, 2.75) is 44.7 Å². The van der Waals surface area contributed by atoms with E-state index in [4.69, 9.17) is 25.8 Å². The first-order valence-electron chi connectivity index (χ1n) is 10.1. The molecular weight excluding hydrogens is 485 g/mol. The maximum absolute atomic E-state index is 12.9. The molecule has 2 rings (SSSR count). The Morgan fingerprint density at radius 1 is 1.15 bits per heavy atom. The number of methoxy groups -OCH3 is 1. The van der Waals surface area contributed by atoms with E-state index in [1.807, 2.05) is 13.8 Å². The zero-order valence-electron chi connectivity index (χ0n) is 18.4. The topological polar surface area (TPSA) is 86.8 Å². The van der Waals surface area contributed by atoms with Crippen LogP contribution in [0.5, 0.6) is 17.4 Å². The van der Waals surface area contributed by atoms with Crippen LogP contribution in [0, 0.1) is 0 Å². The quantitative estimate of drug-likeness (QED) is 0.396. The predicted molar refractivity (Wildman–Crippen MR) is 118 cm³/mol. The van der Waals surface area contributed by atoms with Crippen molar-refractivity contribution >= 4 is 21.6 Å². The van der Waals surface area contributed by atoms with Crippen LogP contribution in [0.1, 0.15) is 37.8 Å². The lowest BCUT2D eigenvalue weighted by Crippen LogP contribution is -2.34. The molecule has 0 saturated heterocycles. The molecule has 33 heavy (non-hydrogen) atoms. The molecule has 1 aromatic heterocycles. The summed E-state index contributed by atoms with van der Waals surface area (Å²) in [5.74, 6) is -0.339. The zero-order valence-corrected chi connectivity index (χ0v) is 20.0. The lowest BCUT2D eigenvalue weighted by Gasteiger charge is -2.17. The van der Waals surface area contributed by atoms with Gasteiger partial charge in [0.2, 0.25) is 15.9 Å². The fourth-order valence-corrected chi connectivity index (χ4v) is 4.57. The summed E-state index contributed by atoms with van der Waals surface area (Å²) >= 11 is 5.95. The molecule has 0 fully saturated rings. The summed E-state index contributed by atoms with van der Waals surface area (Å²) in [6.07, 6.45) is -2.79. The Bertz CT molecular complexity index is 1030. The van der Waals surface area contributed by atoms with Crippen LogP contribution in [0.2, 0.25) is 5.02 Å². The van der Waals surface area contributed by atoms with Crippen molar-refractivity contribution in [1.82, 2.24) is 9.71 Å². The number of halogens is 4. The third-order valence-electron chi connectivity index (χ3n) is 4.61. The molecule has 0 unspecified atom stereocenters. The lowest BCUT2D eigenvalue weighted by molar-refractivity contribution is -0.137. The normalized spacial score (nSPS) is 12.2. The van der Waals surface area contributed by atoms with Gasteiger partial charge < -0.3 is 14.2 Å². The van der Waals surface area contributed by atoms with Gasteiger partial charge in [-0.05, 0) is 25.0 Å². The highest BCUT2D eigenvalue weighted by molar-refractivity contribution is 7.88. The minimum atomic E-state index is -4.62. The predicted octanol–water partition coefficient (Wildman–Crippen LogP) is 5.18. The van der Waals surface area contributed by atoms with Crippen molar-refractivity contribution < 1.29 is 35.8 Å². The first-order chi connectivity index (χ1) is 15.5. The number of hydrogen-bond donors (Lipinski definition) is 1. The number of hydrogen-bond acceptors (Lipinski definition) is 6. The first kappa shape index (κ1) is 27.2. The van der Waals surface area contributed by atoms with Crippen LogP contribution in [-0.2, 0) is 26.7 Å². The van der Waals surface area contributed by atoms with Gasteiger partial charge in [0.05, 0.1) is 17.9 Å². The molecule has 12 heteroatoms. The number of aromatic nitrogens is 1. The van der Waals surface area contributed by atoms with E-state index in [1.165, 1.54) is 19.2 Å². The molecule has 2 aromatic rings. The summed E-state index contributed by atoms with van der Waals surface area (Å²) in [6, 6.07) is 4.96. The lowest BCUT2D eigenvalue weighted by atomic mass is 10.2. The first-order valence-corrected chi connectivity index (χ1v) is 12.2. The largest absolute Gasteiger partial charge is 0.491 e. The monoisotopic (exact) mass is 510 g/mol. The molecule has 0 radical (unpaired) electrons. The fourth-order valence-electron chi connectivity index (χ4n) is 2.80. The second-order valence-corrected chi connectivity index (χ2v) is 9.27. The highest BCUT2D eigenvalue weighted by Crippen LogP contribution is 2.36. The van der Waals surface area contributed by atoms with E-state index >= 15 is 0 Å². The number of nitrogens with one attached hydrogen (secondary N) is 1. The summed E-state index contributed by atoms with van der Waals surface area (Å²) in [5, 5.41) is -0.375. The van der Waals surface area contributed by atoms with Crippen LogP contribution < -0.4 is 14.2 Å². The van der Waals surface area contributed by atoms with Crippen LogP contribution >= 0.6 is 11.6 Å². The van der Waals surface area contributed by atoms with Gasteiger partial charge in [-0.2, -0.15) is 13.2 Å². The Balaban J connectivity index is 2.37. The van der Waals surface area contributed by atoms with Gasteiger partial charge in [0, 0.05) is 31.0 Å². The molecule has 0 atom stereocenters. The second kappa shape index (κ2) is 11.9. The minimum Gasteiger partial charge on any atom is -0.491 e. The van der Waals surface area contributed by atoms with Crippen molar-refractivity contribution in [3.63, 3.8) is 0 Å². The number of rotatable bonds is 12. The van der Waals surface area contributed by atoms with Crippen LogP contribution in [-0.4, -0.2) is 39.8 Å². The van der Waals surface area contributed by atoms with Crippen molar-refractivity contribution in [3.05, 3.63) is 46.6 Å². The van der Waals surface area contributed by atoms with E-state index < -0.39 is 27.5 Å². The number of benzene rings is 1. The highest BCUT2D eigenvalue weighted by atomic mass is 35.5. The molecule has 184 valence electrons. The van der Waals surface area contributed by atoms with Gasteiger partial charge >= 0.3 is 6.18 Å². The van der Waals surface area contributed by atoms with Gasteiger partial charge in [0.25, 0.3) is 0 Å².